The number of hydrogen-bond donors (Lipinski definition) is 1. The summed E-state index contributed by atoms with van der Waals surface area (Å²) in [7, 11) is 0. The predicted octanol–water partition coefficient (Wildman–Crippen LogP) is 2.16. The Labute approximate surface area is 64.8 Å². The molecule has 1 N–H and O–H groups in total. The Morgan fingerprint density at radius 2 is 2.30 bits per heavy atom. The molecule has 0 aromatic heterocycles. The Morgan fingerprint density at radius 3 is 2.60 bits per heavy atom. The standard InChI is InChI=1S/C7H9ClO2/c1-3-4-6(8)5(2)7(9)10/h3H,1,4H2,2H3,(H,9,10)/b6-5+. The van der Waals surface area contributed by atoms with Crippen molar-refractivity contribution in [3.05, 3.63) is 23.3 Å². The Balaban J connectivity index is 4.33. The van der Waals surface area contributed by atoms with Crippen LogP contribution in [0.1, 0.15) is 13.3 Å². The molecule has 0 aromatic carbocycles. The van der Waals surface area contributed by atoms with Crippen LogP contribution in [-0.2, 0) is 4.79 Å². The molecule has 0 heterocycles. The van der Waals surface area contributed by atoms with Gasteiger partial charge in [-0.2, -0.15) is 0 Å². The zero-order valence-electron chi connectivity index (χ0n) is 5.72. The van der Waals surface area contributed by atoms with Gasteiger partial charge in [0.2, 0.25) is 0 Å². The van der Waals surface area contributed by atoms with Crippen molar-refractivity contribution in [2.24, 2.45) is 0 Å². The van der Waals surface area contributed by atoms with Gasteiger partial charge in [0.1, 0.15) is 0 Å². The Kier molecular flexibility index (Phi) is 3.81. The van der Waals surface area contributed by atoms with Crippen molar-refractivity contribution in [1.29, 1.82) is 0 Å². The molecule has 0 aliphatic rings. The van der Waals surface area contributed by atoms with Gasteiger partial charge in [-0.3, -0.25) is 0 Å². The molecule has 0 amide bonds. The number of carboxylic acids is 1. The van der Waals surface area contributed by atoms with Crippen molar-refractivity contribution in [3.8, 4) is 0 Å². The van der Waals surface area contributed by atoms with Gasteiger partial charge in [0.25, 0.3) is 0 Å². The second-order valence-electron chi connectivity index (χ2n) is 1.83. The first-order chi connectivity index (χ1) is 4.59. The van der Waals surface area contributed by atoms with Gasteiger partial charge < -0.3 is 5.11 Å². The number of hydrogen-bond acceptors (Lipinski definition) is 1. The molecule has 0 unspecified atom stereocenters. The highest BCUT2D eigenvalue weighted by Crippen LogP contribution is 2.13. The van der Waals surface area contributed by atoms with Gasteiger partial charge in [-0.25, -0.2) is 4.79 Å². The third-order valence-electron chi connectivity index (χ3n) is 1.05. The summed E-state index contributed by atoms with van der Waals surface area (Å²) in [6.45, 7) is 4.90. The lowest BCUT2D eigenvalue weighted by Gasteiger charge is -1.95. The molecule has 0 aromatic rings. The third kappa shape index (κ3) is 2.69. The molecule has 0 fully saturated rings. The maximum absolute atomic E-state index is 10.2. The quantitative estimate of drug-likeness (QED) is 0.508. The Bertz CT molecular complexity index is 182. The van der Waals surface area contributed by atoms with E-state index in [9.17, 15) is 4.79 Å². The number of rotatable bonds is 3. The summed E-state index contributed by atoms with van der Waals surface area (Å²) in [5.74, 6) is -0.980. The van der Waals surface area contributed by atoms with E-state index in [1.807, 2.05) is 0 Å². The van der Waals surface area contributed by atoms with E-state index in [1.165, 1.54) is 6.92 Å². The molecule has 0 saturated heterocycles. The predicted molar refractivity (Wildman–Crippen MR) is 41.0 cm³/mol. The van der Waals surface area contributed by atoms with Gasteiger partial charge in [-0.15, -0.1) is 6.58 Å². The minimum atomic E-state index is -0.980. The van der Waals surface area contributed by atoms with Crippen LogP contribution in [0.2, 0.25) is 0 Å². The summed E-state index contributed by atoms with van der Waals surface area (Å²) in [6, 6.07) is 0. The lowest BCUT2D eigenvalue weighted by molar-refractivity contribution is -0.132. The van der Waals surface area contributed by atoms with E-state index >= 15 is 0 Å². The number of carbonyl (C=O) groups is 1. The van der Waals surface area contributed by atoms with E-state index in [0.717, 1.165) is 0 Å². The van der Waals surface area contributed by atoms with Crippen LogP contribution in [0.25, 0.3) is 0 Å². The number of aliphatic carboxylic acids is 1. The SMILES string of the molecule is C=CC/C(Cl)=C(/C)C(=O)O. The Hall–Kier alpha value is -0.760. The van der Waals surface area contributed by atoms with Gasteiger partial charge in [0, 0.05) is 17.0 Å². The van der Waals surface area contributed by atoms with E-state index in [4.69, 9.17) is 16.7 Å². The highest BCUT2D eigenvalue weighted by Gasteiger charge is 2.04. The van der Waals surface area contributed by atoms with Crippen molar-refractivity contribution in [2.75, 3.05) is 0 Å². The fourth-order valence-electron chi connectivity index (χ4n) is 0.396. The molecular weight excluding hydrogens is 152 g/mol. The molecule has 3 heteroatoms. The van der Waals surface area contributed by atoms with Gasteiger partial charge in [0.15, 0.2) is 0 Å². The minimum absolute atomic E-state index is 0.182. The summed E-state index contributed by atoms with van der Waals surface area (Å²) in [6.07, 6.45) is 1.98. The third-order valence-corrected chi connectivity index (χ3v) is 1.49. The van der Waals surface area contributed by atoms with Crippen LogP contribution in [-0.4, -0.2) is 11.1 Å². The lowest BCUT2D eigenvalue weighted by atomic mass is 10.2. The zero-order chi connectivity index (χ0) is 8.15. The topological polar surface area (TPSA) is 37.3 Å². The molecule has 0 aliphatic carbocycles. The van der Waals surface area contributed by atoms with Crippen molar-refractivity contribution < 1.29 is 9.90 Å². The van der Waals surface area contributed by atoms with Crippen LogP contribution in [0, 0.1) is 0 Å². The molecule has 0 aliphatic heterocycles. The Morgan fingerprint density at radius 1 is 1.80 bits per heavy atom. The summed E-state index contributed by atoms with van der Waals surface area (Å²) in [5.41, 5.74) is 0.182. The molecular formula is C7H9ClO2. The molecule has 0 rings (SSSR count). The van der Waals surface area contributed by atoms with E-state index in [2.05, 4.69) is 6.58 Å². The smallest absolute Gasteiger partial charge is 0.332 e. The van der Waals surface area contributed by atoms with E-state index < -0.39 is 5.97 Å². The fourth-order valence-corrected chi connectivity index (χ4v) is 0.586. The average Bonchev–Trinajstić information content (AvgIpc) is 1.87. The molecule has 0 atom stereocenters. The van der Waals surface area contributed by atoms with Crippen LogP contribution in [0.5, 0.6) is 0 Å². The van der Waals surface area contributed by atoms with Gasteiger partial charge in [0.05, 0.1) is 0 Å². The molecule has 0 radical (unpaired) electrons. The number of carboxylic acid groups (broad SMARTS) is 1. The largest absolute Gasteiger partial charge is 0.478 e. The van der Waals surface area contributed by atoms with Crippen LogP contribution in [0.3, 0.4) is 0 Å². The van der Waals surface area contributed by atoms with E-state index in [0.29, 0.717) is 11.5 Å². The van der Waals surface area contributed by atoms with E-state index in [1.54, 1.807) is 6.08 Å². The number of halogens is 1. The van der Waals surface area contributed by atoms with Crippen molar-refractivity contribution in [1.82, 2.24) is 0 Å². The normalized spacial score (nSPS) is 12.2. The first-order valence-corrected chi connectivity index (χ1v) is 3.16. The molecule has 10 heavy (non-hydrogen) atoms. The highest BCUT2D eigenvalue weighted by atomic mass is 35.5. The van der Waals surface area contributed by atoms with Crippen molar-refractivity contribution in [3.63, 3.8) is 0 Å². The first kappa shape index (κ1) is 9.24. The van der Waals surface area contributed by atoms with E-state index in [-0.39, 0.29) is 5.57 Å². The summed E-state index contributed by atoms with van der Waals surface area (Å²) < 4.78 is 0. The van der Waals surface area contributed by atoms with Crippen molar-refractivity contribution in [2.45, 2.75) is 13.3 Å². The minimum Gasteiger partial charge on any atom is -0.478 e. The van der Waals surface area contributed by atoms with Crippen LogP contribution < -0.4 is 0 Å². The first-order valence-electron chi connectivity index (χ1n) is 2.79. The summed E-state index contributed by atoms with van der Waals surface area (Å²) in [4.78, 5) is 10.2. The molecule has 56 valence electrons. The highest BCUT2D eigenvalue weighted by molar-refractivity contribution is 6.31. The molecule has 2 nitrogen and oxygen atoms in total. The van der Waals surface area contributed by atoms with Gasteiger partial charge >= 0.3 is 5.97 Å². The fraction of sp³-hybridized carbons (Fsp3) is 0.286. The molecule has 0 bridgehead atoms. The average molecular weight is 161 g/mol. The second-order valence-corrected chi connectivity index (χ2v) is 2.28. The summed E-state index contributed by atoms with van der Waals surface area (Å²) >= 11 is 5.55. The van der Waals surface area contributed by atoms with Gasteiger partial charge in [-0.05, 0) is 6.92 Å². The molecule has 0 saturated carbocycles. The number of allylic oxidation sites excluding steroid dienone is 2. The van der Waals surface area contributed by atoms with Crippen LogP contribution in [0.15, 0.2) is 23.3 Å². The molecule has 0 spiro atoms. The monoisotopic (exact) mass is 160 g/mol. The maximum Gasteiger partial charge on any atom is 0.332 e. The van der Waals surface area contributed by atoms with Crippen LogP contribution in [0.4, 0.5) is 0 Å². The van der Waals surface area contributed by atoms with Gasteiger partial charge in [-0.1, -0.05) is 17.7 Å². The van der Waals surface area contributed by atoms with Crippen molar-refractivity contribution >= 4 is 17.6 Å². The lowest BCUT2D eigenvalue weighted by Crippen LogP contribution is -1.97. The second kappa shape index (κ2) is 4.12. The maximum atomic E-state index is 10.2. The summed E-state index contributed by atoms with van der Waals surface area (Å²) in [5, 5.41) is 8.74. The van der Waals surface area contributed by atoms with Crippen LogP contribution >= 0.6 is 11.6 Å². The zero-order valence-corrected chi connectivity index (χ0v) is 6.48.